The van der Waals surface area contributed by atoms with Crippen LogP contribution in [-0.4, -0.2) is 21.8 Å². The molecule has 0 saturated heterocycles. The first-order valence-corrected chi connectivity index (χ1v) is 3.74. The summed E-state index contributed by atoms with van der Waals surface area (Å²) in [5.41, 5.74) is -0.538. The molecule has 0 aliphatic rings. The third-order valence-corrected chi connectivity index (χ3v) is 0.969. The molecule has 0 aliphatic heterocycles. The van der Waals surface area contributed by atoms with Crippen LogP contribution in [0.5, 0.6) is 0 Å². The molecule has 1 aromatic heterocycles. The van der Waals surface area contributed by atoms with E-state index in [0.717, 1.165) is 0 Å². The second-order valence-corrected chi connectivity index (χ2v) is 3.37. The van der Waals surface area contributed by atoms with Crippen LogP contribution in [-0.2, 0) is 4.74 Å². The Morgan fingerprint density at radius 3 is 2.77 bits per heavy atom. The van der Waals surface area contributed by atoms with Crippen LogP contribution in [0.4, 0.5) is 10.8 Å². The van der Waals surface area contributed by atoms with Gasteiger partial charge in [0.2, 0.25) is 0 Å². The fourth-order valence-electron chi connectivity index (χ4n) is 0.619. The molecule has 0 atom stereocenters. The first kappa shape index (κ1) is 9.50. The number of hydrogen-bond donors (Lipinski definition) is 1. The SMILES string of the molecule is CC(C)(C)OC(=O)Nc1ncno1. The molecule has 0 aliphatic carbocycles. The minimum Gasteiger partial charge on any atom is -0.443 e. The Balaban J connectivity index is 2.43. The summed E-state index contributed by atoms with van der Waals surface area (Å²) in [4.78, 5) is 14.7. The van der Waals surface area contributed by atoms with Gasteiger partial charge in [-0.3, -0.25) is 0 Å². The zero-order valence-electron chi connectivity index (χ0n) is 7.70. The molecule has 13 heavy (non-hydrogen) atoms. The maximum Gasteiger partial charge on any atom is 0.415 e. The van der Waals surface area contributed by atoms with E-state index in [1.165, 1.54) is 6.33 Å². The summed E-state index contributed by atoms with van der Waals surface area (Å²) in [6.45, 7) is 5.29. The summed E-state index contributed by atoms with van der Waals surface area (Å²) in [6.07, 6.45) is 0.573. The summed E-state index contributed by atoms with van der Waals surface area (Å²) in [5, 5.41) is 5.59. The highest BCUT2D eigenvalue weighted by atomic mass is 16.6. The van der Waals surface area contributed by atoms with E-state index in [9.17, 15) is 4.79 Å². The molecule has 0 unspecified atom stereocenters. The van der Waals surface area contributed by atoms with Gasteiger partial charge in [-0.25, -0.2) is 10.1 Å². The van der Waals surface area contributed by atoms with E-state index in [1.54, 1.807) is 20.8 Å². The normalized spacial score (nSPS) is 11.0. The molecule has 0 aromatic carbocycles. The standard InChI is InChI=1S/C7H11N3O3/c1-7(2,3)12-6(11)10-5-8-4-9-13-5/h4H,1-3H3,(H,8,9,10,11). The van der Waals surface area contributed by atoms with Crippen LogP contribution in [0.1, 0.15) is 20.8 Å². The van der Waals surface area contributed by atoms with E-state index in [-0.39, 0.29) is 6.01 Å². The van der Waals surface area contributed by atoms with E-state index in [2.05, 4.69) is 20.0 Å². The number of anilines is 1. The van der Waals surface area contributed by atoms with Crippen LogP contribution in [0, 0.1) is 0 Å². The van der Waals surface area contributed by atoms with Crippen LogP contribution in [0.2, 0.25) is 0 Å². The summed E-state index contributed by atoms with van der Waals surface area (Å²) >= 11 is 0. The minimum absolute atomic E-state index is 0.0225. The zero-order valence-corrected chi connectivity index (χ0v) is 7.70. The Kier molecular flexibility index (Phi) is 2.50. The molecule has 6 heteroatoms. The monoisotopic (exact) mass is 185 g/mol. The molecular weight excluding hydrogens is 174 g/mol. The largest absolute Gasteiger partial charge is 0.443 e. The quantitative estimate of drug-likeness (QED) is 0.715. The third kappa shape index (κ3) is 3.55. The van der Waals surface area contributed by atoms with Gasteiger partial charge in [0.05, 0.1) is 0 Å². The lowest BCUT2D eigenvalue weighted by Crippen LogP contribution is -2.27. The van der Waals surface area contributed by atoms with Gasteiger partial charge < -0.3 is 9.26 Å². The van der Waals surface area contributed by atoms with Crippen molar-refractivity contribution in [3.8, 4) is 0 Å². The van der Waals surface area contributed by atoms with Crippen molar-refractivity contribution < 1.29 is 14.1 Å². The number of nitrogens with zero attached hydrogens (tertiary/aromatic N) is 2. The van der Waals surface area contributed by atoms with Gasteiger partial charge in [0, 0.05) is 0 Å². The molecule has 1 N–H and O–H groups in total. The summed E-state index contributed by atoms with van der Waals surface area (Å²) < 4.78 is 9.48. The minimum atomic E-state index is -0.614. The molecule has 72 valence electrons. The highest BCUT2D eigenvalue weighted by Crippen LogP contribution is 2.08. The van der Waals surface area contributed by atoms with Crippen LogP contribution in [0.3, 0.4) is 0 Å². The van der Waals surface area contributed by atoms with Crippen molar-refractivity contribution in [1.82, 2.24) is 10.1 Å². The van der Waals surface area contributed by atoms with Crippen molar-refractivity contribution >= 4 is 12.1 Å². The highest BCUT2D eigenvalue weighted by Gasteiger charge is 2.17. The molecular formula is C7H11N3O3. The van der Waals surface area contributed by atoms with Crippen molar-refractivity contribution in [2.45, 2.75) is 26.4 Å². The van der Waals surface area contributed by atoms with Crippen LogP contribution < -0.4 is 5.32 Å². The third-order valence-electron chi connectivity index (χ3n) is 0.969. The molecule has 1 heterocycles. The van der Waals surface area contributed by atoms with Crippen molar-refractivity contribution in [3.63, 3.8) is 0 Å². The van der Waals surface area contributed by atoms with Crippen molar-refractivity contribution in [2.75, 3.05) is 5.32 Å². The number of hydrogen-bond acceptors (Lipinski definition) is 5. The molecule has 1 rings (SSSR count). The second kappa shape index (κ2) is 3.42. The predicted molar refractivity (Wildman–Crippen MR) is 44.2 cm³/mol. The fourth-order valence-corrected chi connectivity index (χ4v) is 0.619. The first-order valence-electron chi connectivity index (χ1n) is 3.74. The Labute approximate surface area is 75.3 Å². The van der Waals surface area contributed by atoms with Gasteiger partial charge in [0.1, 0.15) is 5.60 Å². The second-order valence-electron chi connectivity index (χ2n) is 3.37. The highest BCUT2D eigenvalue weighted by molar-refractivity contribution is 5.81. The topological polar surface area (TPSA) is 77.2 Å². The van der Waals surface area contributed by atoms with E-state index in [1.807, 2.05) is 0 Å². The van der Waals surface area contributed by atoms with Crippen LogP contribution >= 0.6 is 0 Å². The molecule has 0 fully saturated rings. The Bertz CT molecular complexity index is 276. The van der Waals surface area contributed by atoms with Gasteiger partial charge in [-0.15, -0.1) is 0 Å². The van der Waals surface area contributed by atoms with Crippen molar-refractivity contribution in [1.29, 1.82) is 0 Å². The van der Waals surface area contributed by atoms with Gasteiger partial charge in [-0.2, -0.15) is 4.98 Å². The van der Waals surface area contributed by atoms with Crippen molar-refractivity contribution in [3.05, 3.63) is 6.33 Å². The van der Waals surface area contributed by atoms with Crippen molar-refractivity contribution in [2.24, 2.45) is 0 Å². The number of nitrogens with one attached hydrogen (secondary N) is 1. The molecule has 0 saturated carbocycles. The summed E-state index contributed by atoms with van der Waals surface area (Å²) in [7, 11) is 0. The summed E-state index contributed by atoms with van der Waals surface area (Å²) in [5.74, 6) is 0. The zero-order chi connectivity index (χ0) is 9.90. The Morgan fingerprint density at radius 2 is 2.31 bits per heavy atom. The van der Waals surface area contributed by atoms with Gasteiger partial charge in [-0.1, -0.05) is 5.16 Å². The maximum absolute atomic E-state index is 11.1. The fraction of sp³-hybridized carbons (Fsp3) is 0.571. The molecule has 1 aromatic rings. The van der Waals surface area contributed by atoms with Gasteiger partial charge in [0.15, 0.2) is 6.33 Å². The van der Waals surface area contributed by atoms with Crippen LogP contribution in [0.25, 0.3) is 0 Å². The van der Waals surface area contributed by atoms with Gasteiger partial charge in [-0.05, 0) is 20.8 Å². The average molecular weight is 185 g/mol. The van der Waals surface area contributed by atoms with E-state index < -0.39 is 11.7 Å². The lowest BCUT2D eigenvalue weighted by molar-refractivity contribution is 0.0631. The number of aromatic nitrogens is 2. The Hall–Kier alpha value is -1.59. The number of carbonyl (C=O) groups excluding carboxylic acids is 1. The number of amides is 1. The van der Waals surface area contributed by atoms with Gasteiger partial charge in [0.25, 0.3) is 0 Å². The number of rotatable bonds is 1. The lowest BCUT2D eigenvalue weighted by atomic mass is 10.2. The number of ether oxygens (including phenoxy) is 1. The molecule has 6 nitrogen and oxygen atoms in total. The molecule has 1 amide bonds. The first-order chi connectivity index (χ1) is 5.97. The Morgan fingerprint density at radius 1 is 1.62 bits per heavy atom. The average Bonchev–Trinajstić information content (AvgIpc) is 2.34. The van der Waals surface area contributed by atoms with E-state index in [0.29, 0.717) is 0 Å². The molecule has 0 bridgehead atoms. The van der Waals surface area contributed by atoms with Gasteiger partial charge >= 0.3 is 12.1 Å². The lowest BCUT2D eigenvalue weighted by Gasteiger charge is -2.18. The molecule has 0 spiro atoms. The van der Waals surface area contributed by atoms with E-state index >= 15 is 0 Å². The number of carbonyl (C=O) groups is 1. The predicted octanol–water partition coefficient (Wildman–Crippen LogP) is 1.42. The van der Waals surface area contributed by atoms with Crippen LogP contribution in [0.15, 0.2) is 10.9 Å². The summed E-state index contributed by atoms with van der Waals surface area (Å²) in [6, 6.07) is 0.0225. The smallest absolute Gasteiger partial charge is 0.415 e. The van der Waals surface area contributed by atoms with E-state index in [4.69, 9.17) is 4.74 Å². The maximum atomic E-state index is 11.1. The molecule has 0 radical (unpaired) electrons.